The molecule has 4 aromatic carbocycles. The van der Waals surface area contributed by atoms with E-state index in [-0.39, 0.29) is 41.7 Å². The first-order chi connectivity index (χ1) is 22.0. The number of nitrogens with one attached hydrogen (secondary N) is 2. The van der Waals surface area contributed by atoms with Crippen molar-refractivity contribution in [2.75, 3.05) is 11.5 Å². The number of furan rings is 1. The van der Waals surface area contributed by atoms with Crippen molar-refractivity contribution in [3.63, 3.8) is 0 Å². The SMILES string of the molecule is Nc1ccc(N)cc1.O=C(NCc1ccc([N+](=O)[O-])cc1)c1ccccc1F.O=C(NCc1ccc([N+](=O)[O-])cc1)c1ccco1. The van der Waals surface area contributed by atoms with E-state index in [1.54, 1.807) is 66.7 Å². The quantitative estimate of drug-likeness (QED) is 0.0951. The molecule has 0 saturated heterocycles. The number of nitrogens with two attached hydrogens (primary N) is 2. The maximum Gasteiger partial charge on any atom is 0.287 e. The standard InChI is InChI=1S/C14H11FN2O3.C12H10N2O4.C6H8N2/c15-13-4-2-1-3-12(13)14(18)16-9-10-5-7-11(8-6-10)17(19)20;15-12(11-2-1-7-18-11)13-8-9-3-5-10(6-4-9)14(16)17;7-5-1-2-6(8)4-3-5/h1-8H,9H2,(H,16,18);1-7H,8H2,(H,13,15);1-4H,7-8H2. The van der Waals surface area contributed by atoms with Crippen LogP contribution in [-0.4, -0.2) is 21.7 Å². The van der Waals surface area contributed by atoms with Crippen LogP contribution in [0, 0.1) is 26.0 Å². The fraction of sp³-hybridized carbons (Fsp3) is 0.0625. The van der Waals surface area contributed by atoms with Crippen LogP contribution in [0.2, 0.25) is 0 Å². The molecular formula is C32H29FN6O7. The Kier molecular flexibility index (Phi) is 12.5. The van der Waals surface area contributed by atoms with Crippen LogP contribution >= 0.6 is 0 Å². The Balaban J connectivity index is 0.000000204. The number of carbonyl (C=O) groups is 2. The number of nitrogen functional groups attached to an aromatic ring is 2. The van der Waals surface area contributed by atoms with Crippen molar-refractivity contribution in [3.05, 3.63) is 164 Å². The zero-order valence-electron chi connectivity index (χ0n) is 24.2. The summed E-state index contributed by atoms with van der Waals surface area (Å²) in [7, 11) is 0. The number of nitro benzene ring substituents is 2. The lowest BCUT2D eigenvalue weighted by Crippen LogP contribution is -2.23. The highest BCUT2D eigenvalue weighted by Gasteiger charge is 2.11. The first-order valence-corrected chi connectivity index (χ1v) is 13.5. The van der Waals surface area contributed by atoms with Crippen molar-refractivity contribution in [1.29, 1.82) is 0 Å². The molecule has 0 fully saturated rings. The summed E-state index contributed by atoms with van der Waals surface area (Å²) in [5, 5.41) is 26.2. The van der Waals surface area contributed by atoms with Crippen LogP contribution in [0.1, 0.15) is 32.0 Å². The molecule has 14 heteroatoms. The molecule has 5 aromatic rings. The highest BCUT2D eigenvalue weighted by atomic mass is 19.1. The minimum atomic E-state index is -0.589. The van der Waals surface area contributed by atoms with Gasteiger partial charge in [0.25, 0.3) is 23.2 Å². The number of rotatable bonds is 8. The number of hydrogen-bond acceptors (Lipinski definition) is 9. The second kappa shape index (κ2) is 16.9. The van der Waals surface area contributed by atoms with E-state index in [1.165, 1.54) is 48.7 Å². The molecule has 236 valence electrons. The zero-order valence-corrected chi connectivity index (χ0v) is 24.2. The van der Waals surface area contributed by atoms with E-state index in [1.807, 2.05) is 0 Å². The van der Waals surface area contributed by atoms with E-state index in [9.17, 15) is 34.2 Å². The minimum absolute atomic E-state index is 0.0193. The lowest BCUT2D eigenvalue weighted by atomic mass is 10.1. The van der Waals surface area contributed by atoms with Crippen LogP contribution in [-0.2, 0) is 13.1 Å². The van der Waals surface area contributed by atoms with Crippen molar-refractivity contribution >= 4 is 34.6 Å². The third kappa shape index (κ3) is 10.9. The van der Waals surface area contributed by atoms with E-state index in [0.29, 0.717) is 5.56 Å². The highest BCUT2D eigenvalue weighted by molar-refractivity contribution is 5.94. The lowest BCUT2D eigenvalue weighted by molar-refractivity contribution is -0.385. The van der Waals surface area contributed by atoms with Gasteiger partial charge in [0.05, 0.1) is 21.7 Å². The molecule has 2 amide bonds. The molecule has 1 heterocycles. The Morgan fingerprint density at radius 1 is 0.652 bits per heavy atom. The van der Waals surface area contributed by atoms with Crippen molar-refractivity contribution in [1.82, 2.24) is 10.6 Å². The fourth-order valence-electron chi connectivity index (χ4n) is 3.57. The van der Waals surface area contributed by atoms with Gasteiger partial charge in [-0.3, -0.25) is 29.8 Å². The van der Waals surface area contributed by atoms with Gasteiger partial charge < -0.3 is 26.5 Å². The molecule has 0 atom stereocenters. The first kappa shape index (κ1) is 33.9. The summed E-state index contributed by atoms with van der Waals surface area (Å²) in [6, 6.07) is 27.7. The molecule has 0 unspecified atom stereocenters. The summed E-state index contributed by atoms with van der Waals surface area (Å²) in [4.78, 5) is 43.3. The van der Waals surface area contributed by atoms with Gasteiger partial charge in [-0.05, 0) is 59.7 Å². The largest absolute Gasteiger partial charge is 0.459 e. The normalized spacial score (nSPS) is 9.85. The van der Waals surface area contributed by atoms with Crippen LogP contribution in [0.15, 0.2) is 120 Å². The van der Waals surface area contributed by atoms with Gasteiger partial charge in [0.1, 0.15) is 5.82 Å². The average molecular weight is 629 g/mol. The minimum Gasteiger partial charge on any atom is -0.459 e. The van der Waals surface area contributed by atoms with Gasteiger partial charge in [-0.25, -0.2) is 4.39 Å². The molecule has 0 bridgehead atoms. The number of benzene rings is 4. The molecule has 0 radical (unpaired) electrons. The van der Waals surface area contributed by atoms with Gasteiger partial charge in [-0.1, -0.05) is 36.4 Å². The second-order valence-electron chi connectivity index (χ2n) is 9.34. The summed E-state index contributed by atoms with van der Waals surface area (Å²) in [6.45, 7) is 0.461. The number of amides is 2. The molecule has 0 spiro atoms. The molecule has 0 aliphatic rings. The number of carbonyl (C=O) groups excluding carboxylic acids is 2. The summed E-state index contributed by atoms with van der Waals surface area (Å²) in [6.07, 6.45) is 1.42. The molecule has 1 aromatic heterocycles. The first-order valence-electron chi connectivity index (χ1n) is 13.5. The Hall–Kier alpha value is -6.57. The van der Waals surface area contributed by atoms with Crippen molar-refractivity contribution in [3.8, 4) is 0 Å². The predicted octanol–water partition coefficient (Wildman–Crippen LogP) is 5.63. The van der Waals surface area contributed by atoms with Gasteiger partial charge in [0, 0.05) is 48.7 Å². The maximum atomic E-state index is 13.4. The van der Waals surface area contributed by atoms with Crippen molar-refractivity contribution in [2.24, 2.45) is 0 Å². The molecule has 0 aliphatic carbocycles. The second-order valence-corrected chi connectivity index (χ2v) is 9.34. The van der Waals surface area contributed by atoms with Crippen molar-refractivity contribution < 1.29 is 28.2 Å². The van der Waals surface area contributed by atoms with Crippen LogP contribution in [0.4, 0.5) is 27.1 Å². The lowest BCUT2D eigenvalue weighted by Gasteiger charge is -2.06. The molecule has 0 saturated carbocycles. The topological polar surface area (TPSA) is 210 Å². The zero-order chi connectivity index (χ0) is 33.5. The van der Waals surface area contributed by atoms with Gasteiger partial charge in [0.15, 0.2) is 5.76 Å². The van der Waals surface area contributed by atoms with E-state index in [4.69, 9.17) is 15.9 Å². The van der Waals surface area contributed by atoms with Crippen molar-refractivity contribution in [2.45, 2.75) is 13.1 Å². The molecule has 0 aliphatic heterocycles. The predicted molar refractivity (Wildman–Crippen MR) is 169 cm³/mol. The van der Waals surface area contributed by atoms with Crippen LogP contribution in [0.3, 0.4) is 0 Å². The molecular weight excluding hydrogens is 599 g/mol. The van der Waals surface area contributed by atoms with Crippen LogP contribution in [0.25, 0.3) is 0 Å². The third-order valence-electron chi connectivity index (χ3n) is 6.00. The van der Waals surface area contributed by atoms with E-state index >= 15 is 0 Å². The summed E-state index contributed by atoms with van der Waals surface area (Å²) >= 11 is 0. The van der Waals surface area contributed by atoms with Crippen LogP contribution in [0.5, 0.6) is 0 Å². The Morgan fingerprint density at radius 2 is 1.11 bits per heavy atom. The Bertz CT molecular complexity index is 1720. The Morgan fingerprint density at radius 3 is 1.52 bits per heavy atom. The average Bonchev–Trinajstić information content (AvgIpc) is 3.61. The smallest absolute Gasteiger partial charge is 0.287 e. The van der Waals surface area contributed by atoms with Gasteiger partial charge in [-0.2, -0.15) is 0 Å². The number of nitro groups is 2. The number of nitrogens with zero attached hydrogens (tertiary/aromatic N) is 2. The van der Waals surface area contributed by atoms with Crippen LogP contribution < -0.4 is 22.1 Å². The van der Waals surface area contributed by atoms with Gasteiger partial charge >= 0.3 is 0 Å². The monoisotopic (exact) mass is 628 g/mol. The summed E-state index contributed by atoms with van der Waals surface area (Å²) < 4.78 is 18.3. The van der Waals surface area contributed by atoms with E-state index < -0.39 is 21.6 Å². The maximum absolute atomic E-state index is 13.4. The van der Waals surface area contributed by atoms with Gasteiger partial charge in [-0.15, -0.1) is 0 Å². The third-order valence-corrected chi connectivity index (χ3v) is 6.00. The van der Waals surface area contributed by atoms with E-state index in [0.717, 1.165) is 16.9 Å². The van der Waals surface area contributed by atoms with E-state index in [2.05, 4.69) is 10.6 Å². The number of anilines is 2. The Labute approximate surface area is 261 Å². The number of non-ortho nitro benzene ring substituents is 2. The molecule has 5 rings (SSSR count). The molecule has 6 N–H and O–H groups in total. The van der Waals surface area contributed by atoms with Gasteiger partial charge in [0.2, 0.25) is 0 Å². The summed E-state index contributed by atoms with van der Waals surface area (Å²) in [5.41, 5.74) is 13.7. The number of hydrogen-bond donors (Lipinski definition) is 4. The highest BCUT2D eigenvalue weighted by Crippen LogP contribution is 2.13. The fourth-order valence-corrected chi connectivity index (χ4v) is 3.57. The summed E-state index contributed by atoms with van der Waals surface area (Å²) in [5.74, 6) is -1.20. The molecule has 13 nitrogen and oxygen atoms in total. The molecule has 46 heavy (non-hydrogen) atoms. The number of halogens is 1.